The molecule has 0 spiro atoms. The Kier molecular flexibility index (Phi) is 8.71. The Morgan fingerprint density at radius 3 is 2.32 bits per heavy atom. The summed E-state index contributed by atoms with van der Waals surface area (Å²) in [4.78, 5) is 30.3. The van der Waals surface area contributed by atoms with E-state index in [-0.39, 0.29) is 17.8 Å². The average molecular weight is 467 g/mol. The van der Waals surface area contributed by atoms with E-state index in [9.17, 15) is 14.7 Å². The molecule has 1 N–H and O–H groups in total. The van der Waals surface area contributed by atoms with Gasteiger partial charge in [0.05, 0.1) is 25.8 Å². The molecule has 182 valence electrons. The molecule has 0 saturated heterocycles. The Morgan fingerprint density at radius 2 is 1.71 bits per heavy atom. The van der Waals surface area contributed by atoms with Crippen molar-refractivity contribution in [1.82, 2.24) is 9.80 Å². The molecule has 3 rings (SSSR count). The van der Waals surface area contributed by atoms with Crippen molar-refractivity contribution in [2.75, 3.05) is 40.4 Å². The van der Waals surface area contributed by atoms with E-state index >= 15 is 0 Å². The number of rotatable bonds is 12. The Hall–Kier alpha value is -3.32. The number of carbonyl (C=O) groups excluding carboxylic acids is 2. The van der Waals surface area contributed by atoms with Crippen molar-refractivity contribution in [2.24, 2.45) is 0 Å². The Balaban J connectivity index is 1.95. The molecule has 34 heavy (non-hydrogen) atoms. The predicted molar refractivity (Wildman–Crippen MR) is 131 cm³/mol. The van der Waals surface area contributed by atoms with Gasteiger partial charge in [-0.05, 0) is 42.8 Å². The lowest BCUT2D eigenvalue weighted by atomic mass is 9.93. The first-order chi connectivity index (χ1) is 16.4. The van der Waals surface area contributed by atoms with E-state index in [2.05, 4.69) is 18.7 Å². The number of hydrogen-bond acceptors (Lipinski definition) is 6. The van der Waals surface area contributed by atoms with E-state index in [1.54, 1.807) is 31.3 Å². The first-order valence-electron chi connectivity index (χ1n) is 11.7. The number of ketones is 1. The zero-order chi connectivity index (χ0) is 24.7. The van der Waals surface area contributed by atoms with Crippen LogP contribution >= 0.6 is 0 Å². The summed E-state index contributed by atoms with van der Waals surface area (Å²) in [7, 11) is 3.09. The maximum Gasteiger partial charge on any atom is 0.290 e. The summed E-state index contributed by atoms with van der Waals surface area (Å²) >= 11 is 0. The summed E-state index contributed by atoms with van der Waals surface area (Å²) in [5.41, 5.74) is 1.87. The molecule has 1 aliphatic rings. The summed E-state index contributed by atoms with van der Waals surface area (Å²) in [6.07, 6.45) is 0.729. The fourth-order valence-electron chi connectivity index (χ4n) is 4.36. The topological polar surface area (TPSA) is 79.3 Å². The summed E-state index contributed by atoms with van der Waals surface area (Å²) in [5, 5.41) is 10.8. The SMILES string of the molecule is CCN(CC)CCN1C(=O)C(O)=C(C(=O)CCc2ccccc2)C1c1ccc(OC)c(OC)c1. The molecule has 7 heteroatoms. The summed E-state index contributed by atoms with van der Waals surface area (Å²) < 4.78 is 10.8. The second-order valence-corrected chi connectivity index (χ2v) is 8.21. The number of amides is 1. The van der Waals surface area contributed by atoms with E-state index in [0.29, 0.717) is 36.6 Å². The quantitative estimate of drug-likeness (QED) is 0.510. The highest BCUT2D eigenvalue weighted by Gasteiger charge is 2.43. The summed E-state index contributed by atoms with van der Waals surface area (Å²) in [5.74, 6) is -0.166. The number of likely N-dealkylation sites (N-methyl/N-ethyl adjacent to an activating group) is 1. The van der Waals surface area contributed by atoms with Crippen LogP contribution in [0, 0.1) is 0 Å². The lowest BCUT2D eigenvalue weighted by Crippen LogP contribution is -2.38. The van der Waals surface area contributed by atoms with Gasteiger partial charge in [0.2, 0.25) is 0 Å². The minimum absolute atomic E-state index is 0.146. The number of methoxy groups -OCH3 is 2. The molecular weight excluding hydrogens is 432 g/mol. The first kappa shape index (κ1) is 25.3. The molecule has 0 aromatic heterocycles. The lowest BCUT2D eigenvalue weighted by molar-refractivity contribution is -0.129. The Bertz CT molecular complexity index is 1030. The van der Waals surface area contributed by atoms with Crippen molar-refractivity contribution in [2.45, 2.75) is 32.7 Å². The third-order valence-corrected chi connectivity index (χ3v) is 6.36. The van der Waals surface area contributed by atoms with Gasteiger partial charge in [0, 0.05) is 19.5 Å². The molecule has 1 aliphatic heterocycles. The van der Waals surface area contributed by atoms with Gasteiger partial charge in [0.1, 0.15) is 0 Å². The molecule has 0 radical (unpaired) electrons. The highest BCUT2D eigenvalue weighted by Crippen LogP contribution is 2.41. The minimum Gasteiger partial charge on any atom is -0.503 e. The number of aliphatic hydroxyl groups excluding tert-OH is 1. The molecule has 1 heterocycles. The number of hydrogen-bond donors (Lipinski definition) is 1. The van der Waals surface area contributed by atoms with Crippen molar-refractivity contribution < 1.29 is 24.2 Å². The van der Waals surface area contributed by atoms with Crippen LogP contribution in [-0.4, -0.2) is 67.0 Å². The molecule has 1 atom stereocenters. The van der Waals surface area contributed by atoms with Crippen LogP contribution in [0.2, 0.25) is 0 Å². The molecule has 2 aromatic carbocycles. The van der Waals surface area contributed by atoms with E-state index in [1.807, 2.05) is 36.4 Å². The van der Waals surface area contributed by atoms with Gasteiger partial charge in [0.15, 0.2) is 23.0 Å². The third kappa shape index (κ3) is 5.42. The maximum absolute atomic E-state index is 13.4. The second kappa shape index (κ2) is 11.7. The van der Waals surface area contributed by atoms with Gasteiger partial charge in [-0.25, -0.2) is 0 Å². The summed E-state index contributed by atoms with van der Waals surface area (Å²) in [6.45, 7) is 6.86. The lowest BCUT2D eigenvalue weighted by Gasteiger charge is -2.29. The maximum atomic E-state index is 13.4. The fraction of sp³-hybridized carbons (Fsp3) is 0.407. The standard InChI is InChI=1S/C27H34N2O5/c1-5-28(6-2)16-17-29-25(20-13-15-22(33-3)23(18-20)34-4)24(26(31)27(29)32)21(30)14-12-19-10-8-7-9-11-19/h7-11,13,15,18,25,31H,5-6,12,14,16-17H2,1-4H3. The van der Waals surface area contributed by atoms with E-state index < -0.39 is 17.7 Å². The fourth-order valence-corrected chi connectivity index (χ4v) is 4.36. The van der Waals surface area contributed by atoms with Crippen LogP contribution in [0.15, 0.2) is 59.9 Å². The average Bonchev–Trinajstić information content (AvgIpc) is 3.13. The molecule has 1 amide bonds. The van der Waals surface area contributed by atoms with Gasteiger partial charge in [-0.15, -0.1) is 0 Å². The van der Waals surface area contributed by atoms with E-state index in [0.717, 1.165) is 18.7 Å². The number of nitrogens with zero attached hydrogens (tertiary/aromatic N) is 2. The van der Waals surface area contributed by atoms with Crippen LogP contribution in [0.1, 0.15) is 37.4 Å². The largest absolute Gasteiger partial charge is 0.503 e. The molecule has 1 unspecified atom stereocenters. The predicted octanol–water partition coefficient (Wildman–Crippen LogP) is 3.94. The third-order valence-electron chi connectivity index (χ3n) is 6.36. The number of Topliss-reactive ketones (excluding diaryl/α,β-unsaturated/α-hetero) is 1. The van der Waals surface area contributed by atoms with Crippen LogP contribution in [0.25, 0.3) is 0 Å². The van der Waals surface area contributed by atoms with E-state index in [4.69, 9.17) is 9.47 Å². The van der Waals surface area contributed by atoms with Crippen molar-refractivity contribution in [3.63, 3.8) is 0 Å². The second-order valence-electron chi connectivity index (χ2n) is 8.21. The van der Waals surface area contributed by atoms with Crippen LogP contribution in [-0.2, 0) is 16.0 Å². The summed E-state index contributed by atoms with van der Waals surface area (Å²) in [6, 6.07) is 14.3. The molecule has 0 bridgehead atoms. The Labute approximate surface area is 201 Å². The normalized spacial score (nSPS) is 15.9. The smallest absolute Gasteiger partial charge is 0.290 e. The highest BCUT2D eigenvalue weighted by molar-refractivity contribution is 6.09. The van der Waals surface area contributed by atoms with Crippen molar-refractivity contribution in [3.8, 4) is 11.5 Å². The number of aryl methyl sites for hydroxylation is 1. The van der Waals surface area contributed by atoms with Crippen LogP contribution in [0.3, 0.4) is 0 Å². The minimum atomic E-state index is -0.689. The van der Waals surface area contributed by atoms with Gasteiger partial charge < -0.3 is 24.4 Å². The van der Waals surface area contributed by atoms with Crippen LogP contribution in [0.5, 0.6) is 11.5 Å². The molecule has 0 saturated carbocycles. The number of carbonyl (C=O) groups is 2. The van der Waals surface area contributed by atoms with Crippen LogP contribution < -0.4 is 9.47 Å². The molecular formula is C27H34N2O5. The van der Waals surface area contributed by atoms with Gasteiger partial charge in [-0.3, -0.25) is 9.59 Å². The van der Waals surface area contributed by atoms with E-state index in [1.165, 1.54) is 0 Å². The molecule has 0 fully saturated rings. The zero-order valence-electron chi connectivity index (χ0n) is 20.4. The first-order valence-corrected chi connectivity index (χ1v) is 11.7. The molecule has 2 aromatic rings. The van der Waals surface area contributed by atoms with Gasteiger partial charge in [-0.2, -0.15) is 0 Å². The highest BCUT2D eigenvalue weighted by atomic mass is 16.5. The number of aliphatic hydroxyl groups is 1. The van der Waals surface area contributed by atoms with Gasteiger partial charge >= 0.3 is 0 Å². The molecule has 7 nitrogen and oxygen atoms in total. The van der Waals surface area contributed by atoms with Crippen molar-refractivity contribution >= 4 is 11.7 Å². The monoisotopic (exact) mass is 466 g/mol. The van der Waals surface area contributed by atoms with Gasteiger partial charge in [-0.1, -0.05) is 50.2 Å². The molecule has 0 aliphatic carbocycles. The van der Waals surface area contributed by atoms with Crippen molar-refractivity contribution in [3.05, 3.63) is 71.0 Å². The Morgan fingerprint density at radius 1 is 1.03 bits per heavy atom. The zero-order valence-corrected chi connectivity index (χ0v) is 20.4. The van der Waals surface area contributed by atoms with Crippen molar-refractivity contribution in [1.29, 1.82) is 0 Å². The van der Waals surface area contributed by atoms with Gasteiger partial charge in [0.25, 0.3) is 5.91 Å². The van der Waals surface area contributed by atoms with Crippen LogP contribution in [0.4, 0.5) is 0 Å². The number of ether oxygens (including phenoxy) is 2. The number of benzene rings is 2.